The Morgan fingerprint density at radius 3 is 2.24 bits per heavy atom. The first-order valence-corrected chi connectivity index (χ1v) is 11.7. The molecule has 4 rings (SSSR count). The molecule has 0 bridgehead atoms. The summed E-state index contributed by atoms with van der Waals surface area (Å²) in [5.41, 5.74) is 4.38. The number of nitrogens with one attached hydrogen (secondary N) is 2. The van der Waals surface area contributed by atoms with Crippen LogP contribution in [0.5, 0.6) is 0 Å². The van der Waals surface area contributed by atoms with Crippen LogP contribution in [0.2, 0.25) is 0 Å². The smallest absolute Gasteiger partial charge is 0.240 e. The molecule has 0 unspecified atom stereocenters. The van der Waals surface area contributed by atoms with Crippen LogP contribution in [0.15, 0.2) is 34.2 Å². The lowest BCUT2D eigenvalue weighted by atomic mass is 10.1. The lowest BCUT2D eigenvalue weighted by molar-refractivity contribution is -0.120. The Bertz CT molecular complexity index is 1130. The van der Waals surface area contributed by atoms with Gasteiger partial charge in [0.25, 0.3) is 0 Å². The van der Waals surface area contributed by atoms with Gasteiger partial charge in [0.15, 0.2) is 10.9 Å². The molecule has 0 radical (unpaired) electrons. The van der Waals surface area contributed by atoms with E-state index in [0.29, 0.717) is 36.3 Å². The SMILES string of the molecule is Cc1cc(NC(=O)CN2CCN(CC(=O)Nc3nc(-c4ccc(C)c(C)c4)cs3)CC2)no1. The molecule has 0 aliphatic carbocycles. The zero-order valence-electron chi connectivity index (χ0n) is 19.1. The fraction of sp³-hybridized carbons (Fsp3) is 0.391. The van der Waals surface area contributed by atoms with Crippen molar-refractivity contribution in [3.8, 4) is 11.3 Å². The van der Waals surface area contributed by atoms with Crippen molar-refractivity contribution < 1.29 is 14.1 Å². The van der Waals surface area contributed by atoms with Crippen molar-refractivity contribution in [2.45, 2.75) is 20.8 Å². The molecule has 2 aromatic heterocycles. The molecule has 0 atom stereocenters. The van der Waals surface area contributed by atoms with Gasteiger partial charge < -0.3 is 15.2 Å². The van der Waals surface area contributed by atoms with E-state index < -0.39 is 0 Å². The van der Waals surface area contributed by atoms with Crippen LogP contribution >= 0.6 is 11.3 Å². The van der Waals surface area contributed by atoms with E-state index in [-0.39, 0.29) is 18.4 Å². The second kappa shape index (κ2) is 10.2. The molecule has 2 amide bonds. The fourth-order valence-corrected chi connectivity index (χ4v) is 4.38. The number of anilines is 2. The topological polar surface area (TPSA) is 104 Å². The Balaban J connectivity index is 1.20. The van der Waals surface area contributed by atoms with Crippen molar-refractivity contribution in [2.24, 2.45) is 0 Å². The third-order valence-electron chi connectivity index (χ3n) is 5.65. The number of aromatic nitrogens is 2. The monoisotopic (exact) mass is 468 g/mol. The predicted octanol–water partition coefficient (Wildman–Crippen LogP) is 2.92. The summed E-state index contributed by atoms with van der Waals surface area (Å²) in [5, 5.41) is 12.0. The Morgan fingerprint density at radius 1 is 0.970 bits per heavy atom. The van der Waals surface area contributed by atoms with Gasteiger partial charge in [0.05, 0.1) is 18.8 Å². The van der Waals surface area contributed by atoms with E-state index in [0.717, 1.165) is 24.3 Å². The van der Waals surface area contributed by atoms with Crippen LogP contribution in [0.1, 0.15) is 16.9 Å². The Labute approximate surface area is 196 Å². The van der Waals surface area contributed by atoms with Crippen molar-refractivity contribution in [3.63, 3.8) is 0 Å². The van der Waals surface area contributed by atoms with E-state index in [9.17, 15) is 9.59 Å². The molecule has 0 spiro atoms. The van der Waals surface area contributed by atoms with Gasteiger partial charge in [0, 0.05) is 43.2 Å². The number of thiazole rings is 1. The highest BCUT2D eigenvalue weighted by atomic mass is 32.1. The largest absolute Gasteiger partial charge is 0.360 e. The number of nitrogens with zero attached hydrogens (tertiary/aromatic N) is 4. The normalized spacial score (nSPS) is 14.9. The molecule has 2 N–H and O–H groups in total. The Morgan fingerprint density at radius 2 is 1.64 bits per heavy atom. The second-order valence-corrected chi connectivity index (χ2v) is 9.17. The van der Waals surface area contributed by atoms with Gasteiger partial charge >= 0.3 is 0 Å². The van der Waals surface area contributed by atoms with E-state index >= 15 is 0 Å². The standard InChI is InChI=1S/C23H28N6O3S/c1-15-4-5-18(10-16(15)2)19-14-33-23(24-19)26-22(31)13-29-8-6-28(7-9-29)12-21(30)25-20-11-17(3)32-27-20/h4-5,10-11,14H,6-9,12-13H2,1-3H3,(H,24,26,31)(H,25,27,30). The maximum atomic E-state index is 12.5. The van der Waals surface area contributed by atoms with Crippen molar-refractivity contribution in [3.05, 3.63) is 46.5 Å². The van der Waals surface area contributed by atoms with Crippen LogP contribution in [0.25, 0.3) is 11.3 Å². The molecular formula is C23H28N6O3S. The summed E-state index contributed by atoms with van der Waals surface area (Å²) in [6, 6.07) is 7.93. The van der Waals surface area contributed by atoms with E-state index in [4.69, 9.17) is 4.52 Å². The fourth-order valence-electron chi connectivity index (χ4n) is 3.64. The first kappa shape index (κ1) is 23.1. The number of aryl methyl sites for hydroxylation is 3. The molecule has 1 aliphatic rings. The number of hydrogen-bond donors (Lipinski definition) is 2. The highest BCUT2D eigenvalue weighted by Gasteiger charge is 2.21. The Hall–Kier alpha value is -3.08. The Kier molecular flexibility index (Phi) is 7.17. The summed E-state index contributed by atoms with van der Waals surface area (Å²) < 4.78 is 4.96. The van der Waals surface area contributed by atoms with Crippen LogP contribution in [-0.2, 0) is 9.59 Å². The first-order chi connectivity index (χ1) is 15.9. The van der Waals surface area contributed by atoms with Crippen LogP contribution < -0.4 is 10.6 Å². The van der Waals surface area contributed by atoms with Gasteiger partial charge in [-0.25, -0.2) is 4.98 Å². The minimum atomic E-state index is -0.127. The number of amides is 2. The number of rotatable bonds is 7. The number of benzene rings is 1. The molecule has 0 saturated carbocycles. The van der Waals surface area contributed by atoms with Crippen molar-refractivity contribution >= 4 is 34.1 Å². The first-order valence-electron chi connectivity index (χ1n) is 10.9. The molecule has 3 heterocycles. The van der Waals surface area contributed by atoms with Gasteiger partial charge in [-0.1, -0.05) is 17.3 Å². The van der Waals surface area contributed by atoms with Crippen molar-refractivity contribution in [1.29, 1.82) is 0 Å². The minimum absolute atomic E-state index is 0.0800. The quantitative estimate of drug-likeness (QED) is 0.549. The summed E-state index contributed by atoms with van der Waals surface area (Å²) >= 11 is 1.43. The third kappa shape index (κ3) is 6.25. The molecule has 1 saturated heterocycles. The molecule has 9 nitrogen and oxygen atoms in total. The van der Waals surface area contributed by atoms with E-state index in [1.807, 2.05) is 5.38 Å². The summed E-state index contributed by atoms with van der Waals surface area (Å²) in [6.07, 6.45) is 0. The molecule has 10 heteroatoms. The second-order valence-electron chi connectivity index (χ2n) is 8.31. The lowest BCUT2D eigenvalue weighted by Crippen LogP contribution is -2.50. The molecule has 1 aromatic carbocycles. The highest BCUT2D eigenvalue weighted by Crippen LogP contribution is 2.26. The van der Waals surface area contributed by atoms with Crippen molar-refractivity contribution in [1.82, 2.24) is 19.9 Å². The number of carbonyl (C=O) groups is 2. The van der Waals surface area contributed by atoms with Crippen LogP contribution in [0.3, 0.4) is 0 Å². The summed E-state index contributed by atoms with van der Waals surface area (Å²) in [5.74, 6) is 0.869. The average Bonchev–Trinajstić information content (AvgIpc) is 3.40. The molecule has 33 heavy (non-hydrogen) atoms. The van der Waals surface area contributed by atoms with Gasteiger partial charge in [-0.05, 0) is 38.0 Å². The molecule has 3 aromatic rings. The van der Waals surface area contributed by atoms with E-state index in [1.165, 1.54) is 22.5 Å². The number of piperazine rings is 1. The van der Waals surface area contributed by atoms with Gasteiger partial charge in [-0.3, -0.25) is 19.4 Å². The van der Waals surface area contributed by atoms with Gasteiger partial charge in [-0.2, -0.15) is 0 Å². The molecular weight excluding hydrogens is 440 g/mol. The third-order valence-corrected chi connectivity index (χ3v) is 6.41. The zero-order chi connectivity index (χ0) is 23.4. The maximum absolute atomic E-state index is 12.5. The van der Waals surface area contributed by atoms with Gasteiger partial charge in [0.2, 0.25) is 11.8 Å². The highest BCUT2D eigenvalue weighted by molar-refractivity contribution is 7.14. The molecule has 1 fully saturated rings. The van der Waals surface area contributed by atoms with Gasteiger partial charge in [0.1, 0.15) is 5.76 Å². The van der Waals surface area contributed by atoms with Crippen LogP contribution in [0.4, 0.5) is 10.9 Å². The number of hydrogen-bond acceptors (Lipinski definition) is 8. The maximum Gasteiger partial charge on any atom is 0.240 e. The van der Waals surface area contributed by atoms with Gasteiger partial charge in [-0.15, -0.1) is 11.3 Å². The molecule has 1 aliphatic heterocycles. The summed E-state index contributed by atoms with van der Waals surface area (Å²) in [6.45, 7) is 9.39. The van der Waals surface area contributed by atoms with Crippen LogP contribution in [0, 0.1) is 20.8 Å². The lowest BCUT2D eigenvalue weighted by Gasteiger charge is -2.33. The number of carbonyl (C=O) groups excluding carboxylic acids is 2. The summed E-state index contributed by atoms with van der Waals surface area (Å²) in [4.78, 5) is 33.4. The van der Waals surface area contributed by atoms with Crippen molar-refractivity contribution in [2.75, 3.05) is 49.9 Å². The zero-order valence-corrected chi connectivity index (χ0v) is 19.9. The predicted molar refractivity (Wildman–Crippen MR) is 128 cm³/mol. The van der Waals surface area contributed by atoms with E-state index in [2.05, 4.69) is 62.6 Å². The minimum Gasteiger partial charge on any atom is -0.360 e. The molecule has 174 valence electrons. The summed E-state index contributed by atoms with van der Waals surface area (Å²) in [7, 11) is 0. The van der Waals surface area contributed by atoms with Crippen LogP contribution in [-0.4, -0.2) is 71.0 Å². The average molecular weight is 469 g/mol. The van der Waals surface area contributed by atoms with E-state index in [1.54, 1.807) is 13.0 Å².